The van der Waals surface area contributed by atoms with Crippen LogP contribution < -0.4 is 11.1 Å². The molecular formula is C35H32Cl2N2O2. The van der Waals surface area contributed by atoms with Crippen LogP contribution >= 0.6 is 24.0 Å². The Kier molecular flexibility index (Phi) is 13.1. The average molecular weight is 584 g/mol. The lowest BCUT2D eigenvalue weighted by atomic mass is 10.0. The van der Waals surface area contributed by atoms with Crippen LogP contribution in [0.1, 0.15) is 28.1 Å². The molecule has 0 unspecified atom stereocenters. The first-order valence-electron chi connectivity index (χ1n) is 12.4. The molecule has 3 N–H and O–H groups in total. The number of fused-ring (bicyclic) bond motifs is 2. The van der Waals surface area contributed by atoms with Gasteiger partial charge < -0.3 is 11.1 Å². The molecule has 1 amide bonds. The van der Waals surface area contributed by atoms with Crippen LogP contribution in [0.4, 0.5) is 11.4 Å². The summed E-state index contributed by atoms with van der Waals surface area (Å²) in [6.45, 7) is 0. The highest BCUT2D eigenvalue weighted by Crippen LogP contribution is 2.21. The molecule has 6 rings (SSSR count). The lowest BCUT2D eigenvalue weighted by Crippen LogP contribution is -2.12. The fourth-order valence-corrected chi connectivity index (χ4v) is 4.16. The van der Waals surface area contributed by atoms with Crippen molar-refractivity contribution in [3.8, 4) is 0 Å². The molecule has 0 spiro atoms. The Bertz CT molecular complexity index is 1680. The van der Waals surface area contributed by atoms with E-state index in [-0.39, 0.29) is 25.7 Å². The molecule has 41 heavy (non-hydrogen) atoms. The Balaban J connectivity index is 0.000000232. The van der Waals surface area contributed by atoms with Gasteiger partial charge in [0.15, 0.2) is 0 Å². The van der Waals surface area contributed by atoms with Crippen molar-refractivity contribution in [2.75, 3.05) is 11.1 Å². The summed E-state index contributed by atoms with van der Waals surface area (Å²) in [4.78, 5) is 23.3. The van der Waals surface area contributed by atoms with Gasteiger partial charge in [0.1, 0.15) is 0 Å². The maximum Gasteiger partial charge on any atom is 0.256 e. The Hall–Kier alpha value is -4.64. The second kappa shape index (κ2) is 16.5. The number of rotatable bonds is 3. The number of nitrogen functional groups attached to an aromatic ring is 1. The summed E-state index contributed by atoms with van der Waals surface area (Å²) in [5.41, 5.74) is 8.25. The molecule has 0 bridgehead atoms. The smallest absolute Gasteiger partial charge is 0.256 e. The van der Waals surface area contributed by atoms with Crippen LogP contribution in [0.5, 0.6) is 0 Å². The van der Waals surface area contributed by atoms with Gasteiger partial charge in [-0.15, -0.1) is 12.4 Å². The van der Waals surface area contributed by atoms with Gasteiger partial charge in [-0.3, -0.25) is 9.59 Å². The van der Waals surface area contributed by atoms with Gasteiger partial charge in [0.25, 0.3) is 11.1 Å². The van der Waals surface area contributed by atoms with E-state index in [9.17, 15) is 9.59 Å². The molecule has 0 saturated carbocycles. The average Bonchev–Trinajstić information content (AvgIpc) is 2.98. The van der Waals surface area contributed by atoms with Gasteiger partial charge in [-0.1, -0.05) is 117 Å². The zero-order valence-electron chi connectivity index (χ0n) is 21.5. The Morgan fingerprint density at radius 3 is 1.44 bits per heavy atom. The van der Waals surface area contributed by atoms with Gasteiger partial charge in [0.05, 0.1) is 0 Å². The molecule has 0 heterocycles. The second-order valence-corrected chi connectivity index (χ2v) is 8.90. The van der Waals surface area contributed by atoms with Crippen molar-refractivity contribution in [3.63, 3.8) is 0 Å². The van der Waals surface area contributed by atoms with Crippen LogP contribution in [-0.4, -0.2) is 11.1 Å². The molecule has 6 aromatic rings. The van der Waals surface area contributed by atoms with E-state index >= 15 is 0 Å². The van der Waals surface area contributed by atoms with Crippen LogP contribution in [0.15, 0.2) is 146 Å². The van der Waals surface area contributed by atoms with Crippen LogP contribution in [-0.2, 0) is 0 Å². The van der Waals surface area contributed by atoms with Crippen molar-refractivity contribution in [3.05, 3.63) is 157 Å². The number of hydrogen-bond acceptors (Lipinski definition) is 3. The van der Waals surface area contributed by atoms with Crippen LogP contribution in [0.3, 0.4) is 0 Å². The maximum atomic E-state index is 12.3. The van der Waals surface area contributed by atoms with Crippen molar-refractivity contribution >= 4 is 68.1 Å². The number of benzene rings is 6. The van der Waals surface area contributed by atoms with E-state index in [0.717, 1.165) is 32.9 Å². The summed E-state index contributed by atoms with van der Waals surface area (Å²) in [5.74, 6) is -0.0806. The zero-order valence-corrected chi connectivity index (χ0v) is 23.1. The fraction of sp³-hybridized carbons (Fsp3) is 0.0286. The van der Waals surface area contributed by atoms with E-state index in [2.05, 4.69) is 5.32 Å². The van der Waals surface area contributed by atoms with E-state index in [1.54, 1.807) is 6.07 Å². The molecular weight excluding hydrogens is 551 g/mol. The topological polar surface area (TPSA) is 72.2 Å². The molecule has 0 atom stereocenters. The van der Waals surface area contributed by atoms with Crippen molar-refractivity contribution in [2.45, 2.75) is 7.43 Å². The number of carbonyl (C=O) groups is 2. The SMILES string of the molecule is C.Cl.Nc1ccccc1.O=C(Cl)c1cccc2ccccc12.O=C(Nc1ccccc1)c1cccc2ccccc12. The number of anilines is 2. The summed E-state index contributed by atoms with van der Waals surface area (Å²) in [6.07, 6.45) is 0. The maximum absolute atomic E-state index is 12.3. The summed E-state index contributed by atoms with van der Waals surface area (Å²) in [6, 6.07) is 45.8. The highest BCUT2D eigenvalue weighted by molar-refractivity contribution is 6.68. The molecule has 4 nitrogen and oxygen atoms in total. The molecule has 6 heteroatoms. The lowest BCUT2D eigenvalue weighted by Gasteiger charge is -2.07. The minimum absolute atomic E-state index is 0. The van der Waals surface area contributed by atoms with Gasteiger partial charge >= 0.3 is 0 Å². The van der Waals surface area contributed by atoms with Gasteiger partial charge in [-0.2, -0.15) is 0 Å². The molecule has 6 aromatic carbocycles. The van der Waals surface area contributed by atoms with Crippen LogP contribution in [0, 0.1) is 0 Å². The largest absolute Gasteiger partial charge is 0.399 e. The molecule has 0 fully saturated rings. The number of carbonyl (C=O) groups excluding carboxylic acids is 2. The Morgan fingerprint density at radius 1 is 0.537 bits per heavy atom. The molecule has 0 saturated heterocycles. The van der Waals surface area contributed by atoms with E-state index in [0.29, 0.717) is 11.1 Å². The van der Waals surface area contributed by atoms with E-state index in [1.165, 1.54) is 0 Å². The normalized spacial score (nSPS) is 9.49. The highest BCUT2D eigenvalue weighted by atomic mass is 35.5. The predicted molar refractivity (Wildman–Crippen MR) is 177 cm³/mol. The minimum atomic E-state index is -0.406. The molecule has 0 aliphatic heterocycles. The standard InChI is InChI=1S/C17H13NO.C11H7ClO.C6H7N.CH4.ClH/c19-17(18-14-9-2-1-3-10-14)16-12-6-8-13-7-4-5-11-15(13)16;12-11(13)10-7-3-5-8-4-1-2-6-9(8)10;7-6-4-2-1-3-5-6;;/h1-12H,(H,18,19);1-7H;1-5H,7H2;1H4;1H. The first kappa shape index (κ1) is 32.6. The second-order valence-electron chi connectivity index (χ2n) is 8.56. The summed E-state index contributed by atoms with van der Waals surface area (Å²) < 4.78 is 0. The Morgan fingerprint density at radius 2 is 0.951 bits per heavy atom. The monoisotopic (exact) mass is 582 g/mol. The van der Waals surface area contributed by atoms with Crippen molar-refractivity contribution in [2.24, 2.45) is 0 Å². The minimum Gasteiger partial charge on any atom is -0.399 e. The number of halogens is 2. The molecule has 0 aromatic heterocycles. The van der Waals surface area contributed by atoms with Crippen LogP contribution in [0.25, 0.3) is 21.5 Å². The third kappa shape index (κ3) is 9.21. The Labute approximate surface area is 252 Å². The molecule has 0 radical (unpaired) electrons. The summed E-state index contributed by atoms with van der Waals surface area (Å²) >= 11 is 5.44. The first-order chi connectivity index (χ1) is 19.0. The van der Waals surface area contributed by atoms with Gasteiger partial charge in [-0.05, 0) is 69.5 Å². The van der Waals surface area contributed by atoms with Crippen molar-refractivity contribution < 1.29 is 9.59 Å². The van der Waals surface area contributed by atoms with E-state index < -0.39 is 5.24 Å². The van der Waals surface area contributed by atoms with Gasteiger partial charge in [-0.25, -0.2) is 0 Å². The fourth-order valence-electron chi connectivity index (χ4n) is 3.99. The van der Waals surface area contributed by atoms with Gasteiger partial charge in [0.2, 0.25) is 0 Å². The highest BCUT2D eigenvalue weighted by Gasteiger charge is 2.09. The number of para-hydroxylation sites is 2. The molecule has 0 aliphatic carbocycles. The summed E-state index contributed by atoms with van der Waals surface area (Å²) in [7, 11) is 0. The lowest BCUT2D eigenvalue weighted by molar-refractivity contribution is 0.102. The molecule has 208 valence electrons. The summed E-state index contributed by atoms with van der Waals surface area (Å²) in [5, 5.41) is 6.49. The number of amides is 1. The predicted octanol–water partition coefficient (Wildman–Crippen LogP) is 9.64. The first-order valence-corrected chi connectivity index (χ1v) is 12.7. The third-order valence-electron chi connectivity index (χ3n) is 5.87. The van der Waals surface area contributed by atoms with Crippen molar-refractivity contribution in [1.82, 2.24) is 0 Å². The number of hydrogen-bond donors (Lipinski definition) is 2. The molecule has 0 aliphatic rings. The van der Waals surface area contributed by atoms with Crippen LogP contribution in [0.2, 0.25) is 0 Å². The number of nitrogens with two attached hydrogens (primary N) is 1. The third-order valence-corrected chi connectivity index (χ3v) is 6.07. The number of nitrogens with one attached hydrogen (secondary N) is 1. The van der Waals surface area contributed by atoms with Gasteiger partial charge in [0, 0.05) is 22.5 Å². The van der Waals surface area contributed by atoms with E-state index in [1.807, 2.05) is 140 Å². The van der Waals surface area contributed by atoms with Crippen molar-refractivity contribution in [1.29, 1.82) is 0 Å². The zero-order chi connectivity index (χ0) is 27.5. The quantitative estimate of drug-likeness (QED) is 0.161. The van der Waals surface area contributed by atoms with E-state index in [4.69, 9.17) is 17.3 Å².